The third-order valence-corrected chi connectivity index (χ3v) is 4.46. The van der Waals surface area contributed by atoms with Gasteiger partial charge in [0.05, 0.1) is 18.6 Å². The van der Waals surface area contributed by atoms with Gasteiger partial charge in [-0.05, 0) is 39.0 Å². The second kappa shape index (κ2) is 13.6. The van der Waals surface area contributed by atoms with E-state index in [1.54, 1.807) is 0 Å². The number of guanidine groups is 1. The minimum absolute atomic E-state index is 0. The molecule has 7 heteroatoms. The van der Waals surface area contributed by atoms with Gasteiger partial charge in [0.1, 0.15) is 0 Å². The van der Waals surface area contributed by atoms with Crippen LogP contribution in [-0.2, 0) is 14.3 Å². The third kappa shape index (κ3) is 8.57. The summed E-state index contributed by atoms with van der Waals surface area (Å²) in [5.41, 5.74) is 0. The highest BCUT2D eigenvalue weighted by atomic mass is 127. The number of carbonyl (C=O) groups excluding carboxylic acids is 1. The normalized spacial score (nSPS) is 17.2. The molecule has 0 saturated carbocycles. The summed E-state index contributed by atoms with van der Waals surface area (Å²) in [4.78, 5) is 18.4. The van der Waals surface area contributed by atoms with Crippen LogP contribution in [0.25, 0.3) is 0 Å². The lowest BCUT2D eigenvalue weighted by Crippen LogP contribution is -2.47. The van der Waals surface area contributed by atoms with Gasteiger partial charge in [0.15, 0.2) is 5.96 Å². The van der Waals surface area contributed by atoms with Crippen LogP contribution in [0.2, 0.25) is 0 Å². The summed E-state index contributed by atoms with van der Waals surface area (Å²) in [6.45, 7) is 12.0. The second-order valence-electron chi connectivity index (χ2n) is 6.51. The van der Waals surface area contributed by atoms with Crippen LogP contribution in [0, 0.1) is 11.8 Å². The Morgan fingerprint density at radius 3 is 2.36 bits per heavy atom. The average Bonchev–Trinajstić information content (AvgIpc) is 2.58. The fraction of sp³-hybridized carbons (Fsp3) is 0.889. The maximum atomic E-state index is 11.8. The zero-order valence-corrected chi connectivity index (χ0v) is 18.7. The van der Waals surface area contributed by atoms with Crippen molar-refractivity contribution >= 4 is 35.9 Å². The van der Waals surface area contributed by atoms with Crippen molar-refractivity contribution in [3.63, 3.8) is 0 Å². The highest BCUT2D eigenvalue weighted by Gasteiger charge is 2.27. The molecule has 1 fully saturated rings. The number of ether oxygens (including phenoxy) is 2. The first kappa shape index (κ1) is 24.4. The summed E-state index contributed by atoms with van der Waals surface area (Å²) in [6.07, 6.45) is 2.89. The van der Waals surface area contributed by atoms with Crippen molar-refractivity contribution in [1.82, 2.24) is 10.2 Å². The quantitative estimate of drug-likeness (QED) is 0.256. The Labute approximate surface area is 170 Å². The number of hydrogen-bond acceptors (Lipinski definition) is 4. The molecule has 25 heavy (non-hydrogen) atoms. The Balaban J connectivity index is 0.00000576. The van der Waals surface area contributed by atoms with Crippen molar-refractivity contribution in [2.75, 3.05) is 39.9 Å². The molecule has 0 amide bonds. The number of nitrogens with one attached hydrogen (secondary N) is 1. The van der Waals surface area contributed by atoms with Crippen molar-refractivity contribution in [2.24, 2.45) is 16.8 Å². The molecule has 0 aromatic rings. The van der Waals surface area contributed by atoms with E-state index in [1.807, 2.05) is 20.9 Å². The van der Waals surface area contributed by atoms with Crippen molar-refractivity contribution in [2.45, 2.75) is 53.1 Å². The molecular formula is C18H36IN3O3. The standard InChI is InChI=1S/C18H35N3O3.HI/c1-6-23-16(14(3)4)8-11-20-18(19-5)21-12-9-15(10-13-21)17(22)24-7-2;/h14-16H,6-13H2,1-5H3,(H,19,20);1H. The molecule has 1 unspecified atom stereocenters. The molecule has 1 rings (SSSR count). The minimum Gasteiger partial charge on any atom is -0.466 e. The van der Waals surface area contributed by atoms with Crippen LogP contribution in [-0.4, -0.2) is 62.8 Å². The summed E-state index contributed by atoms with van der Waals surface area (Å²) >= 11 is 0. The molecule has 1 atom stereocenters. The number of hydrogen-bond donors (Lipinski definition) is 1. The molecule has 0 aliphatic carbocycles. The van der Waals surface area contributed by atoms with E-state index < -0.39 is 0 Å². The molecule has 0 aromatic heterocycles. The lowest BCUT2D eigenvalue weighted by molar-refractivity contribution is -0.149. The van der Waals surface area contributed by atoms with Gasteiger partial charge in [0.2, 0.25) is 0 Å². The van der Waals surface area contributed by atoms with Gasteiger partial charge in [-0.15, -0.1) is 24.0 Å². The number of halogens is 1. The molecule has 1 aliphatic rings. The summed E-state index contributed by atoms with van der Waals surface area (Å²) in [6, 6.07) is 0. The fourth-order valence-corrected chi connectivity index (χ4v) is 3.07. The van der Waals surface area contributed by atoms with E-state index in [1.165, 1.54) is 0 Å². The Bertz CT molecular complexity index is 397. The summed E-state index contributed by atoms with van der Waals surface area (Å²) < 4.78 is 10.9. The van der Waals surface area contributed by atoms with Crippen molar-refractivity contribution in [3.8, 4) is 0 Å². The second-order valence-corrected chi connectivity index (χ2v) is 6.51. The molecule has 0 aromatic carbocycles. The fourth-order valence-electron chi connectivity index (χ4n) is 3.07. The van der Waals surface area contributed by atoms with E-state index in [0.29, 0.717) is 12.5 Å². The van der Waals surface area contributed by atoms with E-state index >= 15 is 0 Å². The zero-order chi connectivity index (χ0) is 17.9. The van der Waals surface area contributed by atoms with Crippen molar-refractivity contribution in [1.29, 1.82) is 0 Å². The van der Waals surface area contributed by atoms with Crippen LogP contribution in [0.5, 0.6) is 0 Å². The Morgan fingerprint density at radius 1 is 1.24 bits per heavy atom. The van der Waals surface area contributed by atoms with E-state index in [0.717, 1.165) is 51.5 Å². The lowest BCUT2D eigenvalue weighted by atomic mass is 9.97. The van der Waals surface area contributed by atoms with Crippen LogP contribution >= 0.6 is 24.0 Å². The molecule has 0 bridgehead atoms. The SMILES string of the molecule is CCOC(=O)C1CCN(C(=NC)NCCC(OCC)C(C)C)CC1.I. The molecule has 148 valence electrons. The number of aliphatic imine (C=N–C) groups is 1. The van der Waals surface area contributed by atoms with Crippen LogP contribution in [0.1, 0.15) is 47.0 Å². The number of nitrogens with zero attached hydrogens (tertiary/aromatic N) is 2. The monoisotopic (exact) mass is 469 g/mol. The van der Waals surface area contributed by atoms with Gasteiger partial charge in [-0.1, -0.05) is 13.8 Å². The molecule has 0 radical (unpaired) electrons. The van der Waals surface area contributed by atoms with Gasteiger partial charge in [-0.2, -0.15) is 0 Å². The molecule has 1 aliphatic heterocycles. The van der Waals surface area contributed by atoms with Crippen LogP contribution in [0.3, 0.4) is 0 Å². The van der Waals surface area contributed by atoms with Crippen molar-refractivity contribution < 1.29 is 14.3 Å². The van der Waals surface area contributed by atoms with E-state index in [4.69, 9.17) is 9.47 Å². The smallest absolute Gasteiger partial charge is 0.309 e. The van der Waals surface area contributed by atoms with Crippen LogP contribution in [0.4, 0.5) is 0 Å². The molecule has 1 heterocycles. The summed E-state index contributed by atoms with van der Waals surface area (Å²) in [7, 11) is 1.81. The summed E-state index contributed by atoms with van der Waals surface area (Å²) in [5.74, 6) is 1.39. The average molecular weight is 469 g/mol. The Kier molecular flexibility index (Phi) is 13.3. The summed E-state index contributed by atoms with van der Waals surface area (Å²) in [5, 5.41) is 3.43. The number of esters is 1. The predicted octanol–water partition coefficient (Wildman–Crippen LogP) is 2.91. The molecular weight excluding hydrogens is 433 g/mol. The van der Waals surface area contributed by atoms with Crippen LogP contribution in [0.15, 0.2) is 4.99 Å². The van der Waals surface area contributed by atoms with E-state index in [-0.39, 0.29) is 42.0 Å². The van der Waals surface area contributed by atoms with Gasteiger partial charge >= 0.3 is 5.97 Å². The maximum absolute atomic E-state index is 11.8. The maximum Gasteiger partial charge on any atom is 0.309 e. The van der Waals surface area contributed by atoms with Gasteiger partial charge in [0.25, 0.3) is 0 Å². The van der Waals surface area contributed by atoms with Gasteiger partial charge in [0, 0.05) is 33.3 Å². The molecule has 0 spiro atoms. The number of piperidine rings is 1. The lowest BCUT2D eigenvalue weighted by Gasteiger charge is -2.33. The van der Waals surface area contributed by atoms with Gasteiger partial charge in [-0.3, -0.25) is 9.79 Å². The van der Waals surface area contributed by atoms with E-state index in [2.05, 4.69) is 29.1 Å². The highest BCUT2D eigenvalue weighted by molar-refractivity contribution is 14.0. The van der Waals surface area contributed by atoms with Gasteiger partial charge < -0.3 is 19.7 Å². The van der Waals surface area contributed by atoms with Gasteiger partial charge in [-0.25, -0.2) is 0 Å². The largest absolute Gasteiger partial charge is 0.466 e. The first-order valence-electron chi connectivity index (χ1n) is 9.27. The Hall–Kier alpha value is -0.570. The Morgan fingerprint density at radius 2 is 1.88 bits per heavy atom. The van der Waals surface area contributed by atoms with Crippen molar-refractivity contribution in [3.05, 3.63) is 0 Å². The van der Waals surface area contributed by atoms with Crippen LogP contribution < -0.4 is 5.32 Å². The minimum atomic E-state index is -0.0587. The number of carbonyl (C=O) groups is 1. The molecule has 6 nitrogen and oxygen atoms in total. The predicted molar refractivity (Wildman–Crippen MR) is 113 cm³/mol. The number of likely N-dealkylation sites (tertiary alicyclic amines) is 1. The third-order valence-electron chi connectivity index (χ3n) is 4.46. The first-order chi connectivity index (χ1) is 11.5. The first-order valence-corrected chi connectivity index (χ1v) is 9.27. The highest BCUT2D eigenvalue weighted by Crippen LogP contribution is 2.19. The number of rotatable bonds is 8. The molecule has 1 saturated heterocycles. The topological polar surface area (TPSA) is 63.2 Å². The van der Waals surface area contributed by atoms with E-state index in [9.17, 15) is 4.79 Å². The molecule has 1 N–H and O–H groups in total. The zero-order valence-electron chi connectivity index (χ0n) is 16.4.